The predicted molar refractivity (Wildman–Crippen MR) is 69.3 cm³/mol. The molecule has 94 valence electrons. The summed E-state index contributed by atoms with van der Waals surface area (Å²) in [6.45, 7) is 3.83. The third-order valence-electron chi connectivity index (χ3n) is 2.90. The first-order valence-electron chi connectivity index (χ1n) is 5.76. The zero-order chi connectivity index (χ0) is 13.1. The number of hydrogen-bond acceptors (Lipinski definition) is 3. The van der Waals surface area contributed by atoms with Crippen molar-refractivity contribution in [2.75, 3.05) is 0 Å². The van der Waals surface area contributed by atoms with Crippen molar-refractivity contribution >= 4 is 0 Å². The SMILES string of the molecule is Cc1ccc(F)c(C(NN)c2ccc(C)nc2)c1. The van der Waals surface area contributed by atoms with Crippen molar-refractivity contribution in [3.63, 3.8) is 0 Å². The third kappa shape index (κ3) is 2.55. The molecule has 0 saturated heterocycles. The summed E-state index contributed by atoms with van der Waals surface area (Å²) in [7, 11) is 0. The van der Waals surface area contributed by atoms with Crippen LogP contribution >= 0.6 is 0 Å². The molecule has 0 fully saturated rings. The molecule has 3 nitrogen and oxygen atoms in total. The van der Waals surface area contributed by atoms with Crippen molar-refractivity contribution in [2.24, 2.45) is 5.84 Å². The first kappa shape index (κ1) is 12.7. The Kier molecular flexibility index (Phi) is 3.69. The fourth-order valence-electron chi connectivity index (χ4n) is 1.90. The molecule has 18 heavy (non-hydrogen) atoms. The second-order valence-corrected chi connectivity index (χ2v) is 4.36. The van der Waals surface area contributed by atoms with E-state index >= 15 is 0 Å². The summed E-state index contributed by atoms with van der Waals surface area (Å²) in [6.07, 6.45) is 1.71. The van der Waals surface area contributed by atoms with Gasteiger partial charge in [0.2, 0.25) is 0 Å². The number of nitrogens with two attached hydrogens (primary N) is 1. The molecule has 0 amide bonds. The van der Waals surface area contributed by atoms with Crippen molar-refractivity contribution < 1.29 is 4.39 Å². The van der Waals surface area contributed by atoms with Crippen LogP contribution < -0.4 is 11.3 Å². The van der Waals surface area contributed by atoms with Gasteiger partial charge in [0.25, 0.3) is 0 Å². The van der Waals surface area contributed by atoms with Crippen molar-refractivity contribution in [1.82, 2.24) is 10.4 Å². The summed E-state index contributed by atoms with van der Waals surface area (Å²) in [5, 5.41) is 0. The van der Waals surface area contributed by atoms with Gasteiger partial charge in [0.05, 0.1) is 6.04 Å². The summed E-state index contributed by atoms with van der Waals surface area (Å²) in [4.78, 5) is 4.21. The zero-order valence-electron chi connectivity index (χ0n) is 10.4. The fourth-order valence-corrected chi connectivity index (χ4v) is 1.90. The summed E-state index contributed by atoms with van der Waals surface area (Å²) in [6, 6.07) is 8.37. The molecular formula is C14H16FN3. The summed E-state index contributed by atoms with van der Waals surface area (Å²) in [5.41, 5.74) is 5.92. The number of benzene rings is 1. The number of aryl methyl sites for hydroxylation is 2. The minimum atomic E-state index is -0.391. The molecule has 2 rings (SSSR count). The van der Waals surface area contributed by atoms with Gasteiger partial charge in [0.1, 0.15) is 5.82 Å². The molecule has 4 heteroatoms. The van der Waals surface area contributed by atoms with E-state index in [4.69, 9.17) is 5.84 Å². The van der Waals surface area contributed by atoms with Gasteiger partial charge in [-0.05, 0) is 31.5 Å². The van der Waals surface area contributed by atoms with Gasteiger partial charge in [0.15, 0.2) is 0 Å². The predicted octanol–water partition coefficient (Wildman–Crippen LogP) is 2.39. The number of nitrogens with zero attached hydrogens (tertiary/aromatic N) is 1. The average Bonchev–Trinajstić information content (AvgIpc) is 2.37. The lowest BCUT2D eigenvalue weighted by atomic mass is 9.98. The minimum Gasteiger partial charge on any atom is -0.271 e. The van der Waals surface area contributed by atoms with Crippen LogP contribution in [0.1, 0.15) is 28.4 Å². The zero-order valence-corrected chi connectivity index (χ0v) is 10.4. The second kappa shape index (κ2) is 5.25. The fraction of sp³-hybridized carbons (Fsp3) is 0.214. The van der Waals surface area contributed by atoms with Gasteiger partial charge >= 0.3 is 0 Å². The van der Waals surface area contributed by atoms with Crippen LogP contribution in [0.3, 0.4) is 0 Å². The van der Waals surface area contributed by atoms with E-state index in [0.29, 0.717) is 5.56 Å². The number of aromatic nitrogens is 1. The van der Waals surface area contributed by atoms with Crippen LogP contribution in [0.15, 0.2) is 36.5 Å². The molecule has 3 N–H and O–H groups in total. The maximum absolute atomic E-state index is 13.9. The topological polar surface area (TPSA) is 50.9 Å². The largest absolute Gasteiger partial charge is 0.271 e. The third-order valence-corrected chi connectivity index (χ3v) is 2.90. The Morgan fingerprint density at radius 1 is 1.22 bits per heavy atom. The molecule has 0 aliphatic heterocycles. The molecule has 0 bridgehead atoms. The van der Waals surface area contributed by atoms with E-state index < -0.39 is 6.04 Å². The van der Waals surface area contributed by atoms with E-state index in [1.165, 1.54) is 6.07 Å². The number of halogens is 1. The van der Waals surface area contributed by atoms with Gasteiger partial charge in [-0.15, -0.1) is 0 Å². The molecular weight excluding hydrogens is 229 g/mol. The highest BCUT2D eigenvalue weighted by atomic mass is 19.1. The van der Waals surface area contributed by atoms with Gasteiger partial charge < -0.3 is 0 Å². The molecule has 1 atom stereocenters. The Hall–Kier alpha value is -1.78. The van der Waals surface area contributed by atoms with Crippen LogP contribution in [0, 0.1) is 19.7 Å². The first-order valence-corrected chi connectivity index (χ1v) is 5.76. The minimum absolute atomic E-state index is 0.274. The van der Waals surface area contributed by atoms with E-state index in [0.717, 1.165) is 16.8 Å². The van der Waals surface area contributed by atoms with E-state index in [-0.39, 0.29) is 5.82 Å². The number of pyridine rings is 1. The van der Waals surface area contributed by atoms with Crippen LogP contribution in [0.2, 0.25) is 0 Å². The van der Waals surface area contributed by atoms with E-state index in [1.807, 2.05) is 26.0 Å². The van der Waals surface area contributed by atoms with Crippen molar-refractivity contribution in [3.8, 4) is 0 Å². The van der Waals surface area contributed by atoms with Crippen LogP contribution in [-0.2, 0) is 0 Å². The van der Waals surface area contributed by atoms with Crippen molar-refractivity contribution in [2.45, 2.75) is 19.9 Å². The van der Waals surface area contributed by atoms with E-state index in [9.17, 15) is 4.39 Å². The lowest BCUT2D eigenvalue weighted by Gasteiger charge is -2.18. The molecule has 1 aromatic carbocycles. The quantitative estimate of drug-likeness (QED) is 0.645. The van der Waals surface area contributed by atoms with Crippen molar-refractivity contribution in [3.05, 3.63) is 64.7 Å². The van der Waals surface area contributed by atoms with Gasteiger partial charge in [-0.25, -0.2) is 9.82 Å². The molecule has 1 heterocycles. The number of hydrogen-bond donors (Lipinski definition) is 2. The van der Waals surface area contributed by atoms with Gasteiger partial charge in [-0.1, -0.05) is 23.8 Å². The number of hydrazine groups is 1. The second-order valence-electron chi connectivity index (χ2n) is 4.36. The van der Waals surface area contributed by atoms with E-state index in [1.54, 1.807) is 18.3 Å². The first-order chi connectivity index (χ1) is 8.61. The maximum Gasteiger partial charge on any atom is 0.128 e. The monoisotopic (exact) mass is 245 g/mol. The summed E-state index contributed by atoms with van der Waals surface area (Å²) in [5.74, 6) is 5.28. The van der Waals surface area contributed by atoms with Crippen LogP contribution in [-0.4, -0.2) is 4.98 Å². The smallest absolute Gasteiger partial charge is 0.128 e. The Morgan fingerprint density at radius 2 is 2.00 bits per heavy atom. The van der Waals surface area contributed by atoms with Gasteiger partial charge in [0, 0.05) is 17.5 Å². The van der Waals surface area contributed by atoms with Crippen LogP contribution in [0.25, 0.3) is 0 Å². The van der Waals surface area contributed by atoms with E-state index in [2.05, 4.69) is 10.4 Å². The van der Waals surface area contributed by atoms with Crippen LogP contribution in [0.5, 0.6) is 0 Å². The maximum atomic E-state index is 13.9. The molecule has 0 spiro atoms. The Balaban J connectivity index is 2.44. The molecule has 1 unspecified atom stereocenters. The molecule has 0 radical (unpaired) electrons. The van der Waals surface area contributed by atoms with Gasteiger partial charge in [-0.2, -0.15) is 0 Å². The van der Waals surface area contributed by atoms with Gasteiger partial charge in [-0.3, -0.25) is 10.8 Å². The van der Waals surface area contributed by atoms with Crippen molar-refractivity contribution in [1.29, 1.82) is 0 Å². The summed E-state index contributed by atoms with van der Waals surface area (Å²) < 4.78 is 13.9. The highest BCUT2D eigenvalue weighted by molar-refractivity contribution is 5.34. The summed E-state index contributed by atoms with van der Waals surface area (Å²) >= 11 is 0. The molecule has 0 aliphatic rings. The molecule has 2 aromatic rings. The Bertz CT molecular complexity index is 537. The highest BCUT2D eigenvalue weighted by Gasteiger charge is 2.16. The molecule has 1 aromatic heterocycles. The normalized spacial score (nSPS) is 12.4. The Morgan fingerprint density at radius 3 is 2.61 bits per heavy atom. The lowest BCUT2D eigenvalue weighted by molar-refractivity contribution is 0.558. The average molecular weight is 245 g/mol. The molecule has 0 saturated carbocycles. The highest BCUT2D eigenvalue weighted by Crippen LogP contribution is 2.24. The molecule has 0 aliphatic carbocycles. The number of nitrogens with one attached hydrogen (secondary N) is 1. The van der Waals surface area contributed by atoms with Crippen LogP contribution in [0.4, 0.5) is 4.39 Å². The lowest BCUT2D eigenvalue weighted by Crippen LogP contribution is -2.29. The number of rotatable bonds is 3. The standard InChI is InChI=1S/C14H16FN3/c1-9-3-6-13(15)12(7-9)14(18-16)11-5-4-10(2)17-8-11/h3-8,14,18H,16H2,1-2H3. The Labute approximate surface area is 106 Å².